The van der Waals surface area contributed by atoms with Gasteiger partial charge in [-0.15, -0.1) is 11.3 Å². The highest BCUT2D eigenvalue weighted by molar-refractivity contribution is 7.14. The van der Waals surface area contributed by atoms with Crippen molar-refractivity contribution >= 4 is 22.4 Å². The number of nitrogens with zero attached hydrogens (tertiary/aromatic N) is 4. The molecular formula is C19H21N5O2S. The van der Waals surface area contributed by atoms with Crippen LogP contribution < -0.4 is 11.0 Å². The van der Waals surface area contributed by atoms with Crippen LogP contribution >= 0.6 is 11.3 Å². The molecule has 1 saturated heterocycles. The molecule has 1 aliphatic rings. The maximum Gasteiger partial charge on any atom is 0.350 e. The third kappa shape index (κ3) is 3.52. The molecule has 7 nitrogen and oxygen atoms in total. The second kappa shape index (κ2) is 7.40. The summed E-state index contributed by atoms with van der Waals surface area (Å²) in [5.74, 6) is 0.726. The van der Waals surface area contributed by atoms with Gasteiger partial charge in [0.05, 0.1) is 10.7 Å². The highest BCUT2D eigenvalue weighted by Gasteiger charge is 2.29. The lowest BCUT2D eigenvalue weighted by molar-refractivity contribution is 0.191. The van der Waals surface area contributed by atoms with Crippen LogP contribution in [0, 0.1) is 0 Å². The lowest BCUT2D eigenvalue weighted by Crippen LogP contribution is -2.42. The Kier molecular flexibility index (Phi) is 4.81. The Labute approximate surface area is 160 Å². The van der Waals surface area contributed by atoms with Crippen molar-refractivity contribution in [3.63, 3.8) is 0 Å². The predicted octanol–water partition coefficient (Wildman–Crippen LogP) is 3.04. The zero-order valence-electron chi connectivity index (χ0n) is 15.0. The Balaban J connectivity index is 1.59. The van der Waals surface area contributed by atoms with E-state index in [1.54, 1.807) is 11.6 Å². The van der Waals surface area contributed by atoms with Gasteiger partial charge >= 0.3 is 11.7 Å². The Hall–Kier alpha value is -2.87. The highest BCUT2D eigenvalue weighted by atomic mass is 32.1. The maximum atomic E-state index is 12.6. The highest BCUT2D eigenvalue weighted by Crippen LogP contribution is 2.27. The minimum absolute atomic E-state index is 0.0157. The van der Waals surface area contributed by atoms with E-state index in [0.29, 0.717) is 18.9 Å². The van der Waals surface area contributed by atoms with E-state index in [0.717, 1.165) is 23.5 Å². The number of urea groups is 1. The first-order valence-electron chi connectivity index (χ1n) is 8.94. The summed E-state index contributed by atoms with van der Waals surface area (Å²) in [6.45, 7) is 1.25. The largest absolute Gasteiger partial charge is 0.350 e. The van der Waals surface area contributed by atoms with Crippen LogP contribution in [0.2, 0.25) is 0 Å². The molecule has 140 valence electrons. The molecule has 1 aliphatic heterocycles. The van der Waals surface area contributed by atoms with E-state index < -0.39 is 0 Å². The lowest BCUT2D eigenvalue weighted by Gasteiger charge is -2.32. The number of benzene rings is 1. The number of hydrogen-bond acceptors (Lipinski definition) is 4. The van der Waals surface area contributed by atoms with E-state index in [-0.39, 0.29) is 17.6 Å². The molecule has 8 heteroatoms. The van der Waals surface area contributed by atoms with Crippen LogP contribution in [0.1, 0.15) is 24.6 Å². The molecule has 1 unspecified atom stereocenters. The Morgan fingerprint density at radius 2 is 2.04 bits per heavy atom. The van der Waals surface area contributed by atoms with Gasteiger partial charge in [0.15, 0.2) is 0 Å². The molecule has 0 aliphatic carbocycles. The summed E-state index contributed by atoms with van der Waals surface area (Å²) >= 11 is 1.50. The summed E-state index contributed by atoms with van der Waals surface area (Å²) in [7, 11) is 1.66. The number of thiophene rings is 1. The first-order chi connectivity index (χ1) is 13.1. The van der Waals surface area contributed by atoms with E-state index in [1.165, 1.54) is 16.0 Å². The second-order valence-electron chi connectivity index (χ2n) is 6.63. The van der Waals surface area contributed by atoms with Crippen LogP contribution in [0.5, 0.6) is 0 Å². The van der Waals surface area contributed by atoms with Gasteiger partial charge in [0.25, 0.3) is 0 Å². The molecule has 1 N–H and O–H groups in total. The maximum absolute atomic E-state index is 12.6. The molecule has 0 radical (unpaired) electrons. The third-order valence-corrected chi connectivity index (χ3v) is 5.57. The number of rotatable bonds is 3. The number of carbonyl (C=O) groups is 1. The minimum atomic E-state index is -0.170. The van der Waals surface area contributed by atoms with Gasteiger partial charge in [-0.25, -0.2) is 18.8 Å². The van der Waals surface area contributed by atoms with Gasteiger partial charge in [0.1, 0.15) is 5.82 Å². The molecule has 27 heavy (non-hydrogen) atoms. The number of piperidine rings is 1. The van der Waals surface area contributed by atoms with Gasteiger partial charge in [0.2, 0.25) is 0 Å². The van der Waals surface area contributed by atoms with E-state index in [2.05, 4.69) is 10.4 Å². The second-order valence-corrected chi connectivity index (χ2v) is 7.58. The third-order valence-electron chi connectivity index (χ3n) is 4.79. The average Bonchev–Trinajstić information content (AvgIpc) is 3.31. The van der Waals surface area contributed by atoms with Gasteiger partial charge in [0, 0.05) is 26.1 Å². The van der Waals surface area contributed by atoms with E-state index in [9.17, 15) is 9.59 Å². The molecule has 2 aromatic heterocycles. The predicted molar refractivity (Wildman–Crippen MR) is 106 cm³/mol. The van der Waals surface area contributed by atoms with E-state index >= 15 is 0 Å². The molecule has 3 heterocycles. The van der Waals surface area contributed by atoms with Crippen LogP contribution in [0.15, 0.2) is 52.6 Å². The van der Waals surface area contributed by atoms with Crippen molar-refractivity contribution < 1.29 is 4.79 Å². The van der Waals surface area contributed by atoms with Gasteiger partial charge in [-0.2, -0.15) is 5.10 Å². The van der Waals surface area contributed by atoms with Crippen molar-refractivity contribution in [2.75, 3.05) is 18.4 Å². The van der Waals surface area contributed by atoms with Crippen molar-refractivity contribution in [3.8, 4) is 5.69 Å². The summed E-state index contributed by atoms with van der Waals surface area (Å²) in [5.41, 5.74) is 0.627. The van der Waals surface area contributed by atoms with Gasteiger partial charge in [-0.3, -0.25) is 5.32 Å². The fraction of sp³-hybridized carbons (Fsp3) is 0.316. The van der Waals surface area contributed by atoms with Gasteiger partial charge in [-0.05, 0) is 42.5 Å². The van der Waals surface area contributed by atoms with Crippen molar-refractivity contribution in [2.24, 2.45) is 7.05 Å². The summed E-state index contributed by atoms with van der Waals surface area (Å²) in [6.07, 6.45) is 1.77. The number of likely N-dealkylation sites (tertiary alicyclic amines) is 1. The summed E-state index contributed by atoms with van der Waals surface area (Å²) in [4.78, 5) is 27.0. The molecule has 1 atom stereocenters. The van der Waals surface area contributed by atoms with Gasteiger partial charge in [-0.1, -0.05) is 18.2 Å². The molecule has 1 fully saturated rings. The van der Waals surface area contributed by atoms with E-state index in [1.807, 2.05) is 52.7 Å². The van der Waals surface area contributed by atoms with Crippen molar-refractivity contribution in [1.29, 1.82) is 0 Å². The summed E-state index contributed by atoms with van der Waals surface area (Å²) in [6, 6.07) is 13.2. The van der Waals surface area contributed by atoms with E-state index in [4.69, 9.17) is 0 Å². The quantitative estimate of drug-likeness (QED) is 0.756. The number of aromatic nitrogens is 3. The van der Waals surface area contributed by atoms with Crippen molar-refractivity contribution in [1.82, 2.24) is 19.2 Å². The minimum Gasteiger partial charge on any atom is -0.324 e. The lowest BCUT2D eigenvalue weighted by atomic mass is 9.97. The zero-order valence-corrected chi connectivity index (χ0v) is 15.9. The Morgan fingerprint density at radius 1 is 1.22 bits per heavy atom. The number of hydrogen-bond donors (Lipinski definition) is 1. The van der Waals surface area contributed by atoms with Crippen LogP contribution in [-0.2, 0) is 7.05 Å². The first-order valence-corrected chi connectivity index (χ1v) is 9.82. The number of nitrogens with one attached hydrogen (secondary N) is 1. The molecule has 4 rings (SSSR count). The number of carbonyl (C=O) groups excluding carboxylic acids is 1. The molecule has 0 bridgehead atoms. The number of amides is 2. The van der Waals surface area contributed by atoms with Crippen LogP contribution in [0.3, 0.4) is 0 Å². The topological polar surface area (TPSA) is 72.2 Å². The number of anilines is 1. The Bertz CT molecular complexity index is 977. The smallest absolute Gasteiger partial charge is 0.324 e. The van der Waals surface area contributed by atoms with Crippen molar-refractivity contribution in [3.05, 3.63) is 64.2 Å². The summed E-state index contributed by atoms with van der Waals surface area (Å²) in [5, 5.41) is 10.2. The number of aryl methyl sites for hydroxylation is 1. The molecule has 0 spiro atoms. The molecule has 0 saturated carbocycles. The normalized spacial score (nSPS) is 17.1. The monoisotopic (exact) mass is 383 g/mol. The average molecular weight is 383 g/mol. The molecule has 3 aromatic rings. The molecular weight excluding hydrogens is 362 g/mol. The zero-order chi connectivity index (χ0) is 18.8. The molecule has 1 aromatic carbocycles. The molecule has 2 amide bonds. The van der Waals surface area contributed by atoms with Crippen LogP contribution in [-0.4, -0.2) is 38.4 Å². The number of para-hydroxylation sites is 1. The van der Waals surface area contributed by atoms with Crippen LogP contribution in [0.25, 0.3) is 5.69 Å². The standard InChI is InChI=1S/C19H21N5O2S/c1-22-19(26)24(15-8-3-2-4-9-15)17(21-22)14-7-5-11-23(13-14)18(25)20-16-10-6-12-27-16/h2-4,6,8-10,12,14H,5,7,11,13H2,1H3,(H,20,25). The summed E-state index contributed by atoms with van der Waals surface area (Å²) < 4.78 is 3.03. The van der Waals surface area contributed by atoms with Crippen molar-refractivity contribution in [2.45, 2.75) is 18.8 Å². The van der Waals surface area contributed by atoms with Crippen LogP contribution in [0.4, 0.5) is 9.80 Å². The SMILES string of the molecule is Cn1nc(C2CCCN(C(=O)Nc3cccs3)C2)n(-c2ccccc2)c1=O. The fourth-order valence-electron chi connectivity index (χ4n) is 3.47. The van der Waals surface area contributed by atoms with Gasteiger partial charge < -0.3 is 4.90 Å². The fourth-order valence-corrected chi connectivity index (χ4v) is 4.08. The Morgan fingerprint density at radius 3 is 2.78 bits per heavy atom. The first kappa shape index (κ1) is 17.5.